The number of rotatable bonds is 10. The lowest BCUT2D eigenvalue weighted by molar-refractivity contribution is -0.394. The summed E-state index contributed by atoms with van der Waals surface area (Å²) in [6.07, 6.45) is -1.15. The number of nitro groups is 2. The molecule has 0 radical (unpaired) electrons. The molecule has 4 aromatic carbocycles. The van der Waals surface area contributed by atoms with Gasteiger partial charge in [-0.15, -0.1) is 0 Å². The van der Waals surface area contributed by atoms with Crippen LogP contribution in [0.2, 0.25) is 5.02 Å². The Morgan fingerprint density at radius 2 is 1.44 bits per heavy atom. The first kappa shape index (κ1) is 31.3. The Balaban J connectivity index is 1.55. The minimum absolute atomic E-state index is 0.0733. The molecule has 2 amide bonds. The standard InChI is InChI=1S/C30H24ClN5O8S/c1-19-7-13-26(14-8-19)45(43,44)32-27(15-20-5-3-2-4-6-20)30(38)34-28(21-9-11-23(31)12-10-21)33(34)29(37)22-16-24(35(39)40)18-25(17-22)36(41)42/h2-14,16-18,27-28,32H,15H2,1H3/t27-,28+,33?,34?/m0/s1. The zero-order chi connectivity index (χ0) is 32.5. The van der Waals surface area contributed by atoms with Gasteiger partial charge in [0, 0.05) is 17.2 Å². The van der Waals surface area contributed by atoms with Crippen molar-refractivity contribution >= 4 is 44.8 Å². The molecule has 4 aromatic rings. The van der Waals surface area contributed by atoms with Crippen LogP contribution in [0.15, 0.2) is 102 Å². The van der Waals surface area contributed by atoms with Gasteiger partial charge in [-0.2, -0.15) is 4.72 Å². The fourth-order valence-electron chi connectivity index (χ4n) is 4.75. The molecule has 0 unspecified atom stereocenters. The van der Waals surface area contributed by atoms with Crippen molar-refractivity contribution < 1.29 is 27.9 Å². The van der Waals surface area contributed by atoms with Crippen LogP contribution in [0, 0.1) is 27.2 Å². The van der Waals surface area contributed by atoms with E-state index >= 15 is 0 Å². The van der Waals surface area contributed by atoms with Gasteiger partial charge < -0.3 is 0 Å². The van der Waals surface area contributed by atoms with E-state index < -0.39 is 60.8 Å². The summed E-state index contributed by atoms with van der Waals surface area (Å²) < 4.78 is 29.3. The summed E-state index contributed by atoms with van der Waals surface area (Å²) in [5, 5.41) is 25.3. The van der Waals surface area contributed by atoms with Crippen molar-refractivity contribution in [1.29, 1.82) is 0 Å². The highest BCUT2D eigenvalue weighted by atomic mass is 35.5. The Kier molecular flexibility index (Phi) is 8.64. The van der Waals surface area contributed by atoms with E-state index in [0.717, 1.165) is 27.7 Å². The molecule has 45 heavy (non-hydrogen) atoms. The number of non-ortho nitro benzene ring substituents is 2. The molecular formula is C30H24ClN5O8S. The molecular weight excluding hydrogens is 626 g/mol. The minimum atomic E-state index is -4.22. The summed E-state index contributed by atoms with van der Waals surface area (Å²) in [6, 6.07) is 21.9. The summed E-state index contributed by atoms with van der Waals surface area (Å²) in [7, 11) is -4.22. The molecule has 1 heterocycles. The summed E-state index contributed by atoms with van der Waals surface area (Å²) in [5.41, 5.74) is 0.0768. The second-order valence-electron chi connectivity index (χ2n) is 10.2. The number of aryl methyl sites for hydroxylation is 1. The Morgan fingerprint density at radius 1 is 0.867 bits per heavy atom. The lowest BCUT2D eigenvalue weighted by Crippen LogP contribution is -2.46. The van der Waals surface area contributed by atoms with Crippen LogP contribution in [0.4, 0.5) is 11.4 Å². The largest absolute Gasteiger partial charge is 0.277 e. The number of halogens is 1. The van der Waals surface area contributed by atoms with Gasteiger partial charge in [0.25, 0.3) is 23.2 Å². The maximum atomic E-state index is 14.2. The second-order valence-corrected chi connectivity index (χ2v) is 12.3. The number of hydrazine groups is 1. The highest BCUT2D eigenvalue weighted by Crippen LogP contribution is 2.44. The van der Waals surface area contributed by atoms with E-state index in [2.05, 4.69) is 4.72 Å². The van der Waals surface area contributed by atoms with Crippen LogP contribution >= 0.6 is 11.6 Å². The molecule has 0 aromatic heterocycles. The summed E-state index contributed by atoms with van der Waals surface area (Å²) >= 11 is 6.04. The fourth-order valence-corrected chi connectivity index (χ4v) is 6.06. The molecule has 0 bridgehead atoms. The highest BCUT2D eigenvalue weighted by molar-refractivity contribution is 7.89. The first-order valence-corrected chi connectivity index (χ1v) is 15.2. The Morgan fingerprint density at radius 3 is 2.00 bits per heavy atom. The van der Waals surface area contributed by atoms with Crippen LogP contribution in [-0.2, 0) is 21.2 Å². The van der Waals surface area contributed by atoms with Crippen molar-refractivity contribution in [2.75, 3.05) is 0 Å². The Bertz CT molecular complexity index is 1870. The third-order valence-corrected chi connectivity index (χ3v) is 8.76. The minimum Gasteiger partial charge on any atom is -0.271 e. The molecule has 1 N–H and O–H groups in total. The number of sulfonamides is 1. The van der Waals surface area contributed by atoms with Gasteiger partial charge >= 0.3 is 0 Å². The number of carbonyl (C=O) groups is 2. The van der Waals surface area contributed by atoms with Gasteiger partial charge in [0.2, 0.25) is 10.0 Å². The number of nitro benzene ring substituents is 2. The predicted molar refractivity (Wildman–Crippen MR) is 162 cm³/mol. The first-order valence-electron chi connectivity index (χ1n) is 13.3. The molecule has 5 rings (SSSR count). The van der Waals surface area contributed by atoms with Crippen molar-refractivity contribution in [3.05, 3.63) is 145 Å². The van der Waals surface area contributed by atoms with E-state index in [1.807, 2.05) is 0 Å². The Hall–Kier alpha value is -5.18. The average molecular weight is 650 g/mol. The van der Waals surface area contributed by atoms with Crippen molar-refractivity contribution in [2.24, 2.45) is 0 Å². The van der Waals surface area contributed by atoms with Gasteiger partial charge in [-0.3, -0.25) is 29.8 Å². The molecule has 0 aliphatic carbocycles. The number of hydrogen-bond donors (Lipinski definition) is 1. The number of hydrogen-bond acceptors (Lipinski definition) is 8. The third kappa shape index (κ3) is 6.82. The number of benzene rings is 4. The van der Waals surface area contributed by atoms with Crippen LogP contribution in [0.1, 0.15) is 33.2 Å². The lowest BCUT2D eigenvalue weighted by Gasteiger charge is -2.19. The number of carbonyl (C=O) groups excluding carboxylic acids is 2. The van der Waals surface area contributed by atoms with Crippen LogP contribution in [0.3, 0.4) is 0 Å². The van der Waals surface area contributed by atoms with Gasteiger partial charge in [0.15, 0.2) is 6.17 Å². The topological polar surface area (TPSA) is 173 Å². The SMILES string of the molecule is Cc1ccc(S(=O)(=O)N[C@@H](Cc2ccccc2)C(=O)N2[C@H](c3ccc(Cl)cc3)N2C(=O)c2cc([N+](=O)[O-])cc([N+](=O)[O-])c2)cc1. The number of nitrogens with one attached hydrogen (secondary N) is 1. The summed E-state index contributed by atoms with van der Waals surface area (Å²) in [6.45, 7) is 1.80. The van der Waals surface area contributed by atoms with Crippen molar-refractivity contribution in [2.45, 2.75) is 30.4 Å². The molecule has 13 nitrogen and oxygen atoms in total. The first-order chi connectivity index (χ1) is 21.4. The van der Waals surface area contributed by atoms with E-state index in [0.29, 0.717) is 22.2 Å². The Labute approximate surface area is 262 Å². The number of amides is 2. The fraction of sp³-hybridized carbons (Fsp3) is 0.133. The van der Waals surface area contributed by atoms with Crippen molar-refractivity contribution in [1.82, 2.24) is 14.7 Å². The lowest BCUT2D eigenvalue weighted by atomic mass is 10.1. The van der Waals surface area contributed by atoms with E-state index in [1.165, 1.54) is 24.3 Å². The predicted octanol–water partition coefficient (Wildman–Crippen LogP) is 4.95. The van der Waals surface area contributed by atoms with E-state index in [4.69, 9.17) is 11.6 Å². The van der Waals surface area contributed by atoms with Gasteiger partial charge in [-0.1, -0.05) is 71.8 Å². The molecule has 1 saturated heterocycles. The van der Waals surface area contributed by atoms with Crippen LogP contribution < -0.4 is 4.72 Å². The van der Waals surface area contributed by atoms with E-state index in [-0.39, 0.29) is 11.3 Å². The van der Waals surface area contributed by atoms with Gasteiger partial charge in [0.05, 0.1) is 26.4 Å². The van der Waals surface area contributed by atoms with Gasteiger partial charge in [-0.05, 0) is 48.7 Å². The summed E-state index contributed by atoms with van der Waals surface area (Å²) in [4.78, 5) is 49.1. The zero-order valence-electron chi connectivity index (χ0n) is 23.4. The maximum absolute atomic E-state index is 14.2. The molecule has 15 heteroatoms. The molecule has 2 atom stereocenters. The third-order valence-electron chi connectivity index (χ3n) is 7.02. The van der Waals surface area contributed by atoms with E-state index in [1.54, 1.807) is 61.5 Å². The zero-order valence-corrected chi connectivity index (χ0v) is 25.0. The van der Waals surface area contributed by atoms with Gasteiger partial charge in [0.1, 0.15) is 6.04 Å². The normalized spacial score (nSPS) is 14.9. The molecule has 1 fully saturated rings. The van der Waals surface area contributed by atoms with Crippen molar-refractivity contribution in [3.8, 4) is 0 Å². The second kappa shape index (κ2) is 12.4. The monoisotopic (exact) mass is 649 g/mol. The van der Waals surface area contributed by atoms with Crippen LogP contribution in [-0.4, -0.2) is 46.1 Å². The number of nitrogens with zero attached hydrogens (tertiary/aromatic N) is 4. The molecule has 230 valence electrons. The van der Waals surface area contributed by atoms with Crippen LogP contribution in [0.25, 0.3) is 0 Å². The smallest absolute Gasteiger partial charge is 0.271 e. The molecule has 1 aliphatic rings. The average Bonchev–Trinajstić information content (AvgIpc) is 3.76. The van der Waals surface area contributed by atoms with Crippen molar-refractivity contribution in [3.63, 3.8) is 0 Å². The van der Waals surface area contributed by atoms with E-state index in [9.17, 15) is 38.2 Å². The summed E-state index contributed by atoms with van der Waals surface area (Å²) in [5.74, 6) is -1.75. The highest BCUT2D eigenvalue weighted by Gasteiger charge is 2.55. The molecule has 0 spiro atoms. The van der Waals surface area contributed by atoms with Gasteiger partial charge in [-0.25, -0.2) is 18.4 Å². The molecule has 1 aliphatic heterocycles. The molecule has 0 saturated carbocycles. The van der Waals surface area contributed by atoms with Crippen LogP contribution in [0.5, 0.6) is 0 Å². The quantitative estimate of drug-likeness (QED) is 0.143. The maximum Gasteiger partial charge on any atom is 0.277 e.